The van der Waals surface area contributed by atoms with Crippen LogP contribution in [0.2, 0.25) is 15.1 Å². The van der Waals surface area contributed by atoms with Gasteiger partial charge in [0.25, 0.3) is 0 Å². The molecule has 1 aliphatic heterocycles. The molecule has 1 unspecified atom stereocenters. The lowest BCUT2D eigenvalue weighted by molar-refractivity contribution is 0.189. The summed E-state index contributed by atoms with van der Waals surface area (Å²) in [4.78, 5) is -0.163. The molecule has 1 aromatic rings. The number of benzene rings is 1. The third-order valence-electron chi connectivity index (χ3n) is 2.69. The highest BCUT2D eigenvalue weighted by Gasteiger charge is 2.34. The Labute approximate surface area is 120 Å². The number of sulfonamides is 1. The topological polar surface area (TPSA) is 57.6 Å². The van der Waals surface area contributed by atoms with Gasteiger partial charge in [-0.3, -0.25) is 0 Å². The van der Waals surface area contributed by atoms with E-state index in [1.807, 2.05) is 0 Å². The van der Waals surface area contributed by atoms with Crippen LogP contribution in [0.15, 0.2) is 17.0 Å². The van der Waals surface area contributed by atoms with Crippen molar-refractivity contribution in [3.05, 3.63) is 27.2 Å². The molecule has 1 N–H and O–H groups in total. The molecule has 18 heavy (non-hydrogen) atoms. The molecule has 1 heterocycles. The lowest BCUT2D eigenvalue weighted by atomic mass is 10.3. The Morgan fingerprint density at radius 2 is 1.78 bits per heavy atom. The molecule has 0 spiro atoms. The number of β-amino-alcohol motifs (C(OH)–C–C–N with tert-alkyl or cyclic N) is 1. The third-order valence-corrected chi connectivity index (χ3v) is 5.69. The standard InChI is InChI=1S/C10H10Cl3NO3S/c11-6-3-8(12)10(9(13)4-6)18(16,17)14-2-1-7(15)5-14/h3-4,7,15H,1-2,5H2. The smallest absolute Gasteiger partial charge is 0.246 e. The number of aliphatic hydroxyl groups is 1. The molecule has 1 fully saturated rings. The molecular weight excluding hydrogens is 321 g/mol. The Kier molecular flexibility index (Phi) is 4.11. The van der Waals surface area contributed by atoms with Crippen LogP contribution in [-0.2, 0) is 10.0 Å². The summed E-state index contributed by atoms with van der Waals surface area (Å²) in [7, 11) is -3.80. The van der Waals surface area contributed by atoms with Gasteiger partial charge in [-0.25, -0.2) is 8.42 Å². The van der Waals surface area contributed by atoms with Crippen LogP contribution in [0.3, 0.4) is 0 Å². The molecule has 0 amide bonds. The summed E-state index contributed by atoms with van der Waals surface area (Å²) in [5.74, 6) is 0. The van der Waals surface area contributed by atoms with Gasteiger partial charge < -0.3 is 5.11 Å². The Balaban J connectivity index is 2.48. The summed E-state index contributed by atoms with van der Waals surface area (Å²) in [6.45, 7) is 0.302. The summed E-state index contributed by atoms with van der Waals surface area (Å²) in [5, 5.41) is 9.63. The summed E-state index contributed by atoms with van der Waals surface area (Å²) < 4.78 is 25.8. The van der Waals surface area contributed by atoms with Crippen LogP contribution in [-0.4, -0.2) is 37.0 Å². The van der Waals surface area contributed by atoms with E-state index in [4.69, 9.17) is 34.8 Å². The van der Waals surface area contributed by atoms with Crippen LogP contribution in [0.25, 0.3) is 0 Å². The van der Waals surface area contributed by atoms with Gasteiger partial charge in [0.1, 0.15) is 4.90 Å². The number of hydrogen-bond acceptors (Lipinski definition) is 3. The lowest BCUT2D eigenvalue weighted by Gasteiger charge is -2.17. The van der Waals surface area contributed by atoms with Gasteiger partial charge in [-0.15, -0.1) is 0 Å². The number of aliphatic hydroxyl groups excluding tert-OH is 1. The van der Waals surface area contributed by atoms with Crippen molar-refractivity contribution >= 4 is 44.8 Å². The molecule has 0 bridgehead atoms. The van der Waals surface area contributed by atoms with Gasteiger partial charge in [0.15, 0.2) is 0 Å². The quantitative estimate of drug-likeness (QED) is 0.906. The average molecular weight is 331 g/mol. The monoisotopic (exact) mass is 329 g/mol. The Morgan fingerprint density at radius 1 is 1.22 bits per heavy atom. The van der Waals surface area contributed by atoms with Crippen molar-refractivity contribution in [3.8, 4) is 0 Å². The van der Waals surface area contributed by atoms with Crippen LogP contribution in [0, 0.1) is 0 Å². The number of rotatable bonds is 2. The second-order valence-corrected chi connectivity index (χ2v) is 7.13. The Morgan fingerprint density at radius 3 is 2.22 bits per heavy atom. The van der Waals surface area contributed by atoms with Crippen LogP contribution in [0.4, 0.5) is 0 Å². The van der Waals surface area contributed by atoms with Crippen LogP contribution in [0.1, 0.15) is 6.42 Å². The summed E-state index contributed by atoms with van der Waals surface area (Å²) >= 11 is 17.5. The highest BCUT2D eigenvalue weighted by atomic mass is 35.5. The van der Waals surface area contributed by atoms with Crippen LogP contribution < -0.4 is 0 Å². The summed E-state index contributed by atoms with van der Waals surface area (Å²) in [6, 6.07) is 2.66. The lowest BCUT2D eigenvalue weighted by Crippen LogP contribution is -2.30. The molecule has 0 radical (unpaired) electrons. The van der Waals surface area contributed by atoms with E-state index < -0.39 is 16.1 Å². The van der Waals surface area contributed by atoms with E-state index in [-0.39, 0.29) is 33.1 Å². The van der Waals surface area contributed by atoms with E-state index in [2.05, 4.69) is 0 Å². The van der Waals surface area contributed by atoms with Crippen molar-refractivity contribution in [2.24, 2.45) is 0 Å². The maximum atomic E-state index is 12.3. The molecule has 0 aromatic heterocycles. The van der Waals surface area contributed by atoms with Crippen LogP contribution >= 0.6 is 34.8 Å². The van der Waals surface area contributed by atoms with Crippen LogP contribution in [0.5, 0.6) is 0 Å². The van der Waals surface area contributed by atoms with Gasteiger partial charge in [0.2, 0.25) is 10.0 Å². The first-order valence-electron chi connectivity index (χ1n) is 5.15. The molecule has 1 saturated heterocycles. The zero-order chi connectivity index (χ0) is 13.5. The first-order valence-corrected chi connectivity index (χ1v) is 7.72. The molecule has 0 saturated carbocycles. The maximum absolute atomic E-state index is 12.3. The maximum Gasteiger partial charge on any atom is 0.246 e. The van der Waals surface area contributed by atoms with Crippen molar-refractivity contribution in [1.82, 2.24) is 4.31 Å². The molecule has 0 aliphatic carbocycles. The molecule has 4 nitrogen and oxygen atoms in total. The molecule has 100 valence electrons. The van der Waals surface area contributed by atoms with Crippen molar-refractivity contribution in [2.75, 3.05) is 13.1 Å². The highest BCUT2D eigenvalue weighted by molar-refractivity contribution is 7.89. The largest absolute Gasteiger partial charge is 0.392 e. The second-order valence-electron chi connectivity index (χ2n) is 4.00. The Bertz CT molecular complexity index is 553. The van der Waals surface area contributed by atoms with E-state index in [0.29, 0.717) is 6.42 Å². The van der Waals surface area contributed by atoms with E-state index in [1.165, 1.54) is 16.4 Å². The van der Waals surface area contributed by atoms with Crippen molar-refractivity contribution in [2.45, 2.75) is 17.4 Å². The number of hydrogen-bond donors (Lipinski definition) is 1. The fraction of sp³-hybridized carbons (Fsp3) is 0.400. The van der Waals surface area contributed by atoms with Gasteiger partial charge in [0.05, 0.1) is 16.1 Å². The minimum Gasteiger partial charge on any atom is -0.392 e. The fourth-order valence-electron chi connectivity index (χ4n) is 1.83. The zero-order valence-corrected chi connectivity index (χ0v) is 12.2. The van der Waals surface area contributed by atoms with Gasteiger partial charge in [0, 0.05) is 18.1 Å². The van der Waals surface area contributed by atoms with Crippen molar-refractivity contribution in [3.63, 3.8) is 0 Å². The molecule has 1 aromatic carbocycles. The third kappa shape index (κ3) is 2.61. The zero-order valence-electron chi connectivity index (χ0n) is 9.11. The molecule has 8 heteroatoms. The minimum atomic E-state index is -3.80. The molecular formula is C10H10Cl3NO3S. The number of halogens is 3. The van der Waals surface area contributed by atoms with Crippen molar-refractivity contribution in [1.29, 1.82) is 0 Å². The fourth-order valence-corrected chi connectivity index (χ4v) is 4.82. The number of nitrogens with zero attached hydrogens (tertiary/aromatic N) is 1. The second kappa shape index (κ2) is 5.15. The highest BCUT2D eigenvalue weighted by Crippen LogP contribution is 2.35. The normalized spacial score (nSPS) is 21.4. The molecule has 1 aliphatic rings. The predicted octanol–water partition coefficient (Wildman–Crippen LogP) is 2.40. The van der Waals surface area contributed by atoms with E-state index in [0.717, 1.165) is 0 Å². The SMILES string of the molecule is O=S(=O)(c1c(Cl)cc(Cl)cc1Cl)N1CCC(O)C1. The molecule has 1 atom stereocenters. The van der Waals surface area contributed by atoms with Gasteiger partial charge in [-0.1, -0.05) is 34.8 Å². The summed E-state index contributed by atoms with van der Waals surface area (Å²) in [6.07, 6.45) is -0.244. The summed E-state index contributed by atoms with van der Waals surface area (Å²) in [5.41, 5.74) is 0. The van der Waals surface area contributed by atoms with E-state index in [9.17, 15) is 13.5 Å². The van der Waals surface area contributed by atoms with E-state index in [1.54, 1.807) is 0 Å². The predicted molar refractivity (Wildman–Crippen MR) is 70.9 cm³/mol. The van der Waals surface area contributed by atoms with Gasteiger partial charge in [-0.2, -0.15) is 4.31 Å². The first kappa shape index (κ1) is 14.4. The first-order chi connectivity index (χ1) is 8.32. The Hall–Kier alpha value is -0.0400. The molecule has 2 rings (SSSR count). The average Bonchev–Trinajstić information content (AvgIpc) is 2.63. The minimum absolute atomic E-state index is 0.0195. The van der Waals surface area contributed by atoms with Gasteiger partial charge >= 0.3 is 0 Å². The van der Waals surface area contributed by atoms with Crippen molar-refractivity contribution < 1.29 is 13.5 Å². The van der Waals surface area contributed by atoms with Gasteiger partial charge in [-0.05, 0) is 18.6 Å². The van der Waals surface area contributed by atoms with E-state index >= 15 is 0 Å².